The van der Waals surface area contributed by atoms with E-state index in [9.17, 15) is 5.26 Å². The molecule has 1 atom stereocenters. The number of nitrogens with one attached hydrogen (secondary N) is 1. The van der Waals surface area contributed by atoms with Crippen LogP contribution in [-0.2, 0) is 0 Å². The highest BCUT2D eigenvalue weighted by Crippen LogP contribution is 2.28. The van der Waals surface area contributed by atoms with Gasteiger partial charge in [-0.15, -0.1) is 0 Å². The van der Waals surface area contributed by atoms with Gasteiger partial charge >= 0.3 is 0 Å². The van der Waals surface area contributed by atoms with Gasteiger partial charge in [-0.05, 0) is 43.6 Å². The fourth-order valence-corrected chi connectivity index (χ4v) is 3.68. The summed E-state index contributed by atoms with van der Waals surface area (Å²) in [5.74, 6) is 0.820. The van der Waals surface area contributed by atoms with Crippen LogP contribution in [0, 0.1) is 11.3 Å². The lowest BCUT2D eigenvalue weighted by Gasteiger charge is -2.35. The van der Waals surface area contributed by atoms with Gasteiger partial charge in [0.2, 0.25) is 17.5 Å². The minimum absolute atomic E-state index is 0.222. The molecule has 28 heavy (non-hydrogen) atoms. The summed E-state index contributed by atoms with van der Waals surface area (Å²) in [5.41, 5.74) is 2.29. The molecule has 1 aliphatic rings. The third-order valence-corrected chi connectivity index (χ3v) is 5.11. The number of pyridine rings is 1. The molecule has 6 nitrogen and oxygen atoms in total. The summed E-state index contributed by atoms with van der Waals surface area (Å²) in [6.45, 7) is 2.83. The molecular weight excluding hydrogens is 350 g/mol. The lowest BCUT2D eigenvalue weighted by Crippen LogP contribution is -2.37. The number of oxazole rings is 1. The maximum Gasteiger partial charge on any atom is 0.232 e. The van der Waals surface area contributed by atoms with E-state index in [4.69, 9.17) is 4.42 Å². The number of aromatic nitrogens is 2. The van der Waals surface area contributed by atoms with Gasteiger partial charge in [-0.3, -0.25) is 9.88 Å². The van der Waals surface area contributed by atoms with Gasteiger partial charge in [-0.25, -0.2) is 0 Å². The molecule has 1 fully saturated rings. The molecule has 1 N–H and O–H groups in total. The van der Waals surface area contributed by atoms with E-state index >= 15 is 0 Å². The number of nitrogens with zero attached hydrogens (tertiary/aromatic N) is 4. The Hall–Kier alpha value is -3.17. The second kappa shape index (κ2) is 8.68. The average Bonchev–Trinajstić information content (AvgIpc) is 3.19. The Morgan fingerprint density at radius 3 is 2.64 bits per heavy atom. The second-order valence-electron chi connectivity index (χ2n) is 6.95. The quantitative estimate of drug-likeness (QED) is 0.696. The molecule has 0 radical (unpaired) electrons. The van der Waals surface area contributed by atoms with E-state index in [2.05, 4.69) is 50.5 Å². The van der Waals surface area contributed by atoms with E-state index in [1.807, 2.05) is 18.2 Å². The highest BCUT2D eigenvalue weighted by molar-refractivity contribution is 5.57. The largest absolute Gasteiger partial charge is 0.419 e. The number of anilines is 1. The first-order valence-corrected chi connectivity index (χ1v) is 9.69. The van der Waals surface area contributed by atoms with Crippen molar-refractivity contribution in [3.63, 3.8) is 0 Å². The van der Waals surface area contributed by atoms with Gasteiger partial charge in [-0.1, -0.05) is 36.8 Å². The van der Waals surface area contributed by atoms with Crippen LogP contribution in [0.2, 0.25) is 0 Å². The zero-order valence-corrected chi connectivity index (χ0v) is 15.7. The Morgan fingerprint density at radius 1 is 1.11 bits per heavy atom. The maximum atomic E-state index is 9.47. The van der Waals surface area contributed by atoms with E-state index in [1.54, 1.807) is 12.4 Å². The van der Waals surface area contributed by atoms with Gasteiger partial charge < -0.3 is 9.73 Å². The van der Waals surface area contributed by atoms with Gasteiger partial charge in [0.15, 0.2) is 0 Å². The highest BCUT2D eigenvalue weighted by Gasteiger charge is 2.23. The number of likely N-dealkylation sites (tertiary alicyclic amines) is 1. The number of rotatable bonds is 6. The van der Waals surface area contributed by atoms with Crippen molar-refractivity contribution in [2.45, 2.75) is 25.3 Å². The van der Waals surface area contributed by atoms with Crippen LogP contribution >= 0.6 is 0 Å². The van der Waals surface area contributed by atoms with Crippen molar-refractivity contribution in [2.24, 2.45) is 0 Å². The molecule has 3 heterocycles. The molecule has 0 spiro atoms. The van der Waals surface area contributed by atoms with Crippen LogP contribution in [0.3, 0.4) is 0 Å². The fourth-order valence-electron chi connectivity index (χ4n) is 3.68. The molecule has 0 aliphatic carbocycles. The summed E-state index contributed by atoms with van der Waals surface area (Å²) in [7, 11) is 0. The van der Waals surface area contributed by atoms with Crippen LogP contribution in [-0.4, -0.2) is 34.5 Å². The molecule has 1 aliphatic heterocycles. The molecule has 6 heteroatoms. The zero-order chi connectivity index (χ0) is 19.2. The zero-order valence-electron chi connectivity index (χ0n) is 15.7. The van der Waals surface area contributed by atoms with Gasteiger partial charge in [0, 0.05) is 18.9 Å². The van der Waals surface area contributed by atoms with Crippen LogP contribution in [0.1, 0.15) is 36.6 Å². The van der Waals surface area contributed by atoms with Crippen molar-refractivity contribution in [3.8, 4) is 17.5 Å². The number of benzene rings is 1. The first kappa shape index (κ1) is 18.2. The number of nitriles is 1. The van der Waals surface area contributed by atoms with Crippen molar-refractivity contribution in [1.29, 1.82) is 5.26 Å². The van der Waals surface area contributed by atoms with Gasteiger partial charge in [0.25, 0.3) is 0 Å². The van der Waals surface area contributed by atoms with E-state index in [-0.39, 0.29) is 11.7 Å². The van der Waals surface area contributed by atoms with Gasteiger partial charge in [-0.2, -0.15) is 10.2 Å². The fraction of sp³-hybridized carbons (Fsp3) is 0.318. The predicted molar refractivity (Wildman–Crippen MR) is 108 cm³/mol. The van der Waals surface area contributed by atoms with Gasteiger partial charge in [0.05, 0.1) is 11.6 Å². The SMILES string of the molecule is N#Cc1nc(-c2cccnc2)oc1NC[C@@H](c1ccccc1)N1CCCCC1. The predicted octanol–water partition coefficient (Wildman–Crippen LogP) is 4.25. The Bertz CT molecular complexity index is 927. The summed E-state index contributed by atoms with van der Waals surface area (Å²) in [4.78, 5) is 10.9. The summed E-state index contributed by atoms with van der Waals surface area (Å²) in [5, 5.41) is 12.8. The monoisotopic (exact) mass is 373 g/mol. The molecule has 1 aromatic carbocycles. The molecule has 0 saturated carbocycles. The molecule has 3 aromatic rings. The van der Waals surface area contributed by atoms with Crippen LogP contribution in [0.4, 0.5) is 5.88 Å². The lowest BCUT2D eigenvalue weighted by molar-refractivity contribution is 0.170. The minimum Gasteiger partial charge on any atom is -0.419 e. The molecule has 0 bridgehead atoms. The number of piperidine rings is 1. The number of hydrogen-bond acceptors (Lipinski definition) is 6. The standard InChI is InChI=1S/C22H23N5O/c23-14-19-22(28-21(26-19)18-10-7-11-24-15-18)25-16-20(17-8-3-1-4-9-17)27-12-5-2-6-13-27/h1,3-4,7-11,15,20,25H,2,5-6,12-13,16H2/t20-/m0/s1. The molecule has 142 valence electrons. The van der Waals surface area contributed by atoms with E-state index < -0.39 is 0 Å². The van der Waals surface area contributed by atoms with Crippen molar-refractivity contribution in [2.75, 3.05) is 25.0 Å². The Labute approximate surface area is 164 Å². The normalized spacial score (nSPS) is 15.7. The maximum absolute atomic E-state index is 9.47. The smallest absolute Gasteiger partial charge is 0.232 e. The Kier molecular flexibility index (Phi) is 5.64. The lowest BCUT2D eigenvalue weighted by atomic mass is 10.0. The van der Waals surface area contributed by atoms with Crippen molar-refractivity contribution in [1.82, 2.24) is 14.9 Å². The Morgan fingerprint density at radius 2 is 1.93 bits per heavy atom. The van der Waals surface area contributed by atoms with Crippen LogP contribution < -0.4 is 5.32 Å². The van der Waals surface area contributed by atoms with Gasteiger partial charge in [0.1, 0.15) is 6.07 Å². The second-order valence-corrected chi connectivity index (χ2v) is 6.95. The minimum atomic E-state index is 0.222. The summed E-state index contributed by atoms with van der Waals surface area (Å²) in [6, 6.07) is 16.5. The highest BCUT2D eigenvalue weighted by atomic mass is 16.4. The van der Waals surface area contributed by atoms with Crippen molar-refractivity contribution < 1.29 is 4.42 Å². The summed E-state index contributed by atoms with van der Waals surface area (Å²) >= 11 is 0. The van der Waals surface area contributed by atoms with Crippen molar-refractivity contribution in [3.05, 3.63) is 66.1 Å². The molecule has 0 amide bonds. The Balaban J connectivity index is 1.55. The van der Waals surface area contributed by atoms with E-state index in [1.165, 1.54) is 24.8 Å². The first-order chi connectivity index (χ1) is 13.8. The van der Waals surface area contributed by atoms with E-state index in [0.717, 1.165) is 18.7 Å². The molecule has 0 unspecified atom stereocenters. The van der Waals surface area contributed by atoms with Crippen molar-refractivity contribution >= 4 is 5.88 Å². The summed E-state index contributed by atoms with van der Waals surface area (Å²) in [6.07, 6.45) is 7.11. The molecule has 2 aromatic heterocycles. The third-order valence-electron chi connectivity index (χ3n) is 5.11. The third kappa shape index (κ3) is 4.05. The van der Waals surface area contributed by atoms with Crippen LogP contribution in [0.25, 0.3) is 11.5 Å². The molecular formula is C22H23N5O. The summed E-state index contributed by atoms with van der Waals surface area (Å²) < 4.78 is 5.86. The van der Waals surface area contributed by atoms with E-state index in [0.29, 0.717) is 18.3 Å². The molecule has 1 saturated heterocycles. The topological polar surface area (TPSA) is 78.0 Å². The van der Waals surface area contributed by atoms with Crippen LogP contribution in [0.5, 0.6) is 0 Å². The average molecular weight is 373 g/mol. The number of hydrogen-bond donors (Lipinski definition) is 1. The van der Waals surface area contributed by atoms with Crippen LogP contribution in [0.15, 0.2) is 59.3 Å². The molecule has 4 rings (SSSR count). The first-order valence-electron chi connectivity index (χ1n) is 9.69.